The summed E-state index contributed by atoms with van der Waals surface area (Å²) < 4.78 is 13.8. The van der Waals surface area contributed by atoms with Crippen molar-refractivity contribution in [2.45, 2.75) is 6.92 Å². The van der Waals surface area contributed by atoms with Gasteiger partial charge in [-0.2, -0.15) is 0 Å². The first kappa shape index (κ1) is 40.5. The van der Waals surface area contributed by atoms with E-state index in [2.05, 4.69) is 10.6 Å². The Hall–Kier alpha value is -8.90. The SMILES string of the molecule is Cc1ccc(Oc2ccc(NC(=O)c3ccc(/C=C/c4ccc(C(=O)Nc5ccc(Oc6ccc(-n7c(=O)c8cc9c(=O)n(C)c(=O)c9cc8c7=O)cc6)cc5)cc4)cc3)cc2)cc1. The van der Waals surface area contributed by atoms with E-state index in [1.165, 1.54) is 19.2 Å². The number of aromatic nitrogens is 2. The van der Waals surface area contributed by atoms with Crippen LogP contribution in [0.1, 0.15) is 37.4 Å². The Balaban J connectivity index is 0.764. The summed E-state index contributed by atoms with van der Waals surface area (Å²) in [6.07, 6.45) is 3.85. The van der Waals surface area contributed by atoms with Gasteiger partial charge in [-0.15, -0.1) is 0 Å². The van der Waals surface area contributed by atoms with Gasteiger partial charge in [0.05, 0.1) is 27.2 Å². The Bertz CT molecular complexity index is 3390. The smallest absolute Gasteiger partial charge is 0.266 e. The van der Waals surface area contributed by atoms with Gasteiger partial charge in [0.15, 0.2) is 0 Å². The van der Waals surface area contributed by atoms with Gasteiger partial charge in [0.1, 0.15) is 23.0 Å². The zero-order chi connectivity index (χ0) is 44.5. The Morgan fingerprint density at radius 2 is 0.797 bits per heavy atom. The molecule has 12 heteroatoms. The average molecular weight is 845 g/mol. The summed E-state index contributed by atoms with van der Waals surface area (Å²) in [5.74, 6) is 1.82. The lowest BCUT2D eigenvalue weighted by atomic mass is 10.1. The van der Waals surface area contributed by atoms with Gasteiger partial charge in [-0.3, -0.25) is 33.3 Å². The lowest BCUT2D eigenvalue weighted by Crippen LogP contribution is -2.23. The second-order valence-electron chi connectivity index (χ2n) is 15.1. The highest BCUT2D eigenvalue weighted by molar-refractivity contribution is 6.05. The number of benzene rings is 7. The lowest BCUT2D eigenvalue weighted by molar-refractivity contribution is 0.101. The molecule has 64 heavy (non-hydrogen) atoms. The molecule has 9 rings (SSSR count). The summed E-state index contributed by atoms with van der Waals surface area (Å²) in [6.45, 7) is 2.02. The maximum atomic E-state index is 13.3. The van der Waals surface area contributed by atoms with Gasteiger partial charge in [-0.1, -0.05) is 54.1 Å². The first-order chi connectivity index (χ1) is 31.0. The monoisotopic (exact) mass is 844 g/mol. The molecule has 0 aliphatic carbocycles. The predicted molar refractivity (Wildman–Crippen MR) is 249 cm³/mol. The van der Waals surface area contributed by atoms with E-state index in [9.17, 15) is 28.8 Å². The minimum atomic E-state index is -0.594. The number of carbonyl (C=O) groups is 2. The van der Waals surface area contributed by atoms with Gasteiger partial charge >= 0.3 is 0 Å². The number of nitrogens with zero attached hydrogens (tertiary/aromatic N) is 2. The zero-order valence-electron chi connectivity index (χ0n) is 34.3. The molecule has 0 unspecified atom stereocenters. The van der Waals surface area contributed by atoms with Crippen molar-refractivity contribution in [2.75, 3.05) is 10.6 Å². The molecule has 0 fully saturated rings. The molecule has 12 nitrogen and oxygen atoms in total. The van der Waals surface area contributed by atoms with Crippen LogP contribution in [-0.4, -0.2) is 20.9 Å². The molecule has 0 saturated heterocycles. The number of fused-ring (bicyclic) bond motifs is 2. The molecule has 0 radical (unpaired) electrons. The molecule has 0 saturated carbocycles. The summed E-state index contributed by atoms with van der Waals surface area (Å²) in [4.78, 5) is 77.4. The number of amides is 2. The number of hydrogen-bond acceptors (Lipinski definition) is 8. The fourth-order valence-electron chi connectivity index (χ4n) is 7.17. The number of hydrogen-bond donors (Lipinski definition) is 2. The first-order valence-corrected chi connectivity index (χ1v) is 20.1. The molecule has 2 N–H and O–H groups in total. The molecule has 2 amide bonds. The summed E-state index contributed by atoms with van der Waals surface area (Å²) in [5, 5.41) is 6.11. The summed E-state index contributed by atoms with van der Waals surface area (Å²) in [5.41, 5.74) is 3.20. The Labute approximate surface area is 364 Å². The Morgan fingerprint density at radius 1 is 0.453 bits per heavy atom. The number of carbonyl (C=O) groups excluding carboxylic acids is 2. The standard InChI is InChI=1S/C52H36N4O8/c1-31-3-21-39(22-4-31)63-40-23-15-36(16-24-40)53-47(57)34-11-7-32(8-12-34)5-6-33-9-13-35(14-10-33)48(58)54-37-17-25-41(26-18-37)64-42-27-19-38(20-28-42)56-51(61)45-29-43-44(30-46(45)52(56)62)50(60)55(2)49(43)59/h3-30H,1-2H3,(H,53,57)(H,54,58)/b6-5+. The third-order valence-electron chi connectivity index (χ3n) is 10.7. The topological polar surface area (TPSA) is 155 Å². The van der Waals surface area contributed by atoms with Crippen LogP contribution in [0.3, 0.4) is 0 Å². The van der Waals surface area contributed by atoms with Crippen LogP contribution in [-0.2, 0) is 7.05 Å². The fraction of sp³-hybridized carbons (Fsp3) is 0.0385. The molecule has 0 atom stereocenters. The minimum Gasteiger partial charge on any atom is -0.457 e. The summed E-state index contributed by atoms with van der Waals surface area (Å²) in [6, 6.07) is 45.2. The van der Waals surface area contributed by atoms with Gasteiger partial charge in [0.2, 0.25) is 0 Å². The third kappa shape index (κ3) is 8.26. The predicted octanol–water partition coefficient (Wildman–Crippen LogP) is 9.01. The molecule has 0 bridgehead atoms. The Morgan fingerprint density at radius 3 is 1.19 bits per heavy atom. The highest BCUT2D eigenvalue weighted by Crippen LogP contribution is 2.26. The van der Waals surface area contributed by atoms with Gasteiger partial charge in [-0.05, 0) is 139 Å². The van der Waals surface area contributed by atoms with Crippen molar-refractivity contribution in [3.05, 3.63) is 227 Å². The van der Waals surface area contributed by atoms with Crippen LogP contribution in [0.15, 0.2) is 177 Å². The van der Waals surface area contributed by atoms with Crippen LogP contribution in [0.4, 0.5) is 11.4 Å². The molecule has 2 heterocycles. The molecule has 0 aliphatic heterocycles. The van der Waals surface area contributed by atoms with Crippen LogP contribution in [0.2, 0.25) is 0 Å². The van der Waals surface area contributed by atoms with Crippen molar-refractivity contribution >= 4 is 56.9 Å². The molecule has 312 valence electrons. The molecular weight excluding hydrogens is 809 g/mol. The van der Waals surface area contributed by atoms with E-state index in [-0.39, 0.29) is 33.4 Å². The number of anilines is 2. The van der Waals surface area contributed by atoms with Crippen LogP contribution in [0.5, 0.6) is 23.0 Å². The first-order valence-electron chi connectivity index (χ1n) is 20.1. The highest BCUT2D eigenvalue weighted by Gasteiger charge is 2.19. The Kier molecular flexibility index (Phi) is 10.7. The van der Waals surface area contributed by atoms with Crippen molar-refractivity contribution in [3.63, 3.8) is 0 Å². The molecule has 9 aromatic rings. The fourth-order valence-corrected chi connectivity index (χ4v) is 7.17. The average Bonchev–Trinajstić information content (AvgIpc) is 3.69. The van der Waals surface area contributed by atoms with E-state index < -0.39 is 22.2 Å². The highest BCUT2D eigenvalue weighted by atomic mass is 16.5. The van der Waals surface area contributed by atoms with E-state index in [1.54, 1.807) is 97.1 Å². The number of rotatable bonds is 11. The largest absolute Gasteiger partial charge is 0.457 e. The second-order valence-corrected chi connectivity index (χ2v) is 15.1. The van der Waals surface area contributed by atoms with Crippen LogP contribution in [0, 0.1) is 6.92 Å². The molecular formula is C52H36N4O8. The minimum absolute atomic E-state index is 0.0612. The molecule has 2 aromatic heterocycles. The van der Waals surface area contributed by atoms with Crippen LogP contribution >= 0.6 is 0 Å². The second kappa shape index (κ2) is 16.9. The van der Waals surface area contributed by atoms with E-state index >= 15 is 0 Å². The third-order valence-corrected chi connectivity index (χ3v) is 10.7. The quantitative estimate of drug-likeness (QED) is 0.122. The normalized spacial score (nSPS) is 11.3. The van der Waals surface area contributed by atoms with E-state index in [0.717, 1.165) is 31.6 Å². The number of nitrogens with one attached hydrogen (secondary N) is 2. The van der Waals surface area contributed by atoms with Gasteiger partial charge in [-0.25, -0.2) is 4.57 Å². The summed E-state index contributed by atoms with van der Waals surface area (Å²) in [7, 11) is 1.35. The zero-order valence-corrected chi connectivity index (χ0v) is 34.3. The maximum Gasteiger partial charge on any atom is 0.266 e. The van der Waals surface area contributed by atoms with Crippen molar-refractivity contribution in [1.82, 2.24) is 9.13 Å². The van der Waals surface area contributed by atoms with Crippen LogP contribution < -0.4 is 42.3 Å². The number of aryl methyl sites for hydroxylation is 1. The van der Waals surface area contributed by atoms with Gasteiger partial charge in [0.25, 0.3) is 34.1 Å². The molecule has 0 aliphatic rings. The maximum absolute atomic E-state index is 13.3. The molecule has 0 spiro atoms. The lowest BCUT2D eigenvalue weighted by Gasteiger charge is -2.09. The summed E-state index contributed by atoms with van der Waals surface area (Å²) >= 11 is 0. The number of ether oxygens (including phenoxy) is 2. The van der Waals surface area contributed by atoms with Crippen LogP contribution in [0.25, 0.3) is 39.4 Å². The van der Waals surface area contributed by atoms with Crippen molar-refractivity contribution in [2.24, 2.45) is 7.05 Å². The van der Waals surface area contributed by atoms with E-state index in [0.29, 0.717) is 45.4 Å². The van der Waals surface area contributed by atoms with E-state index in [1.807, 2.05) is 67.6 Å². The van der Waals surface area contributed by atoms with Crippen molar-refractivity contribution < 1.29 is 19.1 Å². The van der Waals surface area contributed by atoms with Gasteiger partial charge in [0, 0.05) is 29.5 Å². The van der Waals surface area contributed by atoms with E-state index in [4.69, 9.17) is 9.47 Å². The van der Waals surface area contributed by atoms with Crippen molar-refractivity contribution in [1.29, 1.82) is 0 Å². The van der Waals surface area contributed by atoms with Crippen molar-refractivity contribution in [3.8, 4) is 28.7 Å². The molecule has 7 aromatic carbocycles. The van der Waals surface area contributed by atoms with Gasteiger partial charge < -0.3 is 20.1 Å².